The van der Waals surface area contributed by atoms with Gasteiger partial charge >= 0.3 is 6.03 Å². The van der Waals surface area contributed by atoms with Gasteiger partial charge in [-0.1, -0.05) is 11.5 Å². The molecule has 0 radical (unpaired) electrons. The Bertz CT molecular complexity index is 329. The lowest BCUT2D eigenvalue weighted by Gasteiger charge is -1.94. The molecule has 0 unspecified atom stereocenters. The molecule has 11 heavy (non-hydrogen) atoms. The molecule has 1 aromatic heterocycles. The highest BCUT2D eigenvalue weighted by Gasteiger charge is 2.08. The van der Waals surface area contributed by atoms with Gasteiger partial charge < -0.3 is 5.32 Å². The number of rotatable bonds is 0. The second kappa shape index (κ2) is 3.19. The van der Waals surface area contributed by atoms with Crippen LogP contribution >= 0.6 is 27.5 Å². The van der Waals surface area contributed by atoms with Crippen molar-refractivity contribution in [2.24, 2.45) is 0 Å². The average molecular weight is 237 g/mol. The molecule has 0 aromatic carbocycles. The van der Waals surface area contributed by atoms with E-state index in [1.807, 2.05) is 0 Å². The monoisotopic (exact) mass is 236 g/mol. The van der Waals surface area contributed by atoms with Crippen LogP contribution in [0.3, 0.4) is 0 Å². The van der Waals surface area contributed by atoms with Gasteiger partial charge in [0, 0.05) is 12.4 Å². The molecule has 1 rings (SSSR count). The molecule has 0 bridgehead atoms. The van der Waals surface area contributed by atoms with Crippen LogP contribution in [-0.4, -0.2) is 17.0 Å². The Labute approximate surface area is 75.1 Å². The molecule has 0 aliphatic heterocycles. The topological polar surface area (TPSA) is 51.1 Å². The maximum atomic E-state index is 11.0. The molecule has 0 aliphatic carbocycles. The maximum Gasteiger partial charge on any atom is 0.337 e. The summed E-state index contributed by atoms with van der Waals surface area (Å²) in [6, 6.07) is -0.411. The Balaban J connectivity index is 3.15. The fraction of sp³-hybridized carbons (Fsp3) is 0.200. The zero-order valence-corrected chi connectivity index (χ0v) is 8.03. The van der Waals surface area contributed by atoms with E-state index in [1.54, 1.807) is 5.38 Å². The van der Waals surface area contributed by atoms with Gasteiger partial charge in [-0.25, -0.2) is 4.79 Å². The standard InChI is InChI=1S/C5H5BrN2O2S/c1-7-5(10)8-4(9)3(6)2-11-8/h2H,1H3,(H,7,10). The number of hydrogen-bond donors (Lipinski definition) is 1. The molecule has 1 aromatic rings. The number of carbonyl (C=O) groups excluding carboxylic acids is 1. The molecule has 0 atom stereocenters. The zero-order chi connectivity index (χ0) is 8.43. The number of carbonyl (C=O) groups is 1. The first kappa shape index (κ1) is 8.48. The van der Waals surface area contributed by atoms with Gasteiger partial charge in [-0.3, -0.25) is 4.79 Å². The lowest BCUT2D eigenvalue weighted by Crippen LogP contribution is -2.30. The van der Waals surface area contributed by atoms with Crippen molar-refractivity contribution in [1.29, 1.82) is 0 Å². The van der Waals surface area contributed by atoms with Crippen molar-refractivity contribution in [2.75, 3.05) is 7.05 Å². The lowest BCUT2D eigenvalue weighted by molar-refractivity contribution is 0.246. The molecule has 60 valence electrons. The number of halogens is 1. The Kier molecular flexibility index (Phi) is 2.45. The first-order valence-corrected chi connectivity index (χ1v) is 4.38. The van der Waals surface area contributed by atoms with Crippen LogP contribution in [0.5, 0.6) is 0 Å². The van der Waals surface area contributed by atoms with Gasteiger partial charge in [0.15, 0.2) is 0 Å². The van der Waals surface area contributed by atoms with Crippen LogP contribution in [0.2, 0.25) is 0 Å². The van der Waals surface area contributed by atoms with Gasteiger partial charge in [0.2, 0.25) is 0 Å². The van der Waals surface area contributed by atoms with Crippen LogP contribution in [0.25, 0.3) is 0 Å². The van der Waals surface area contributed by atoms with E-state index in [0.717, 1.165) is 15.5 Å². The number of amides is 1. The summed E-state index contributed by atoms with van der Waals surface area (Å²) in [5, 5.41) is 3.92. The number of nitrogens with one attached hydrogen (secondary N) is 1. The first-order valence-electron chi connectivity index (χ1n) is 2.75. The van der Waals surface area contributed by atoms with Gasteiger partial charge in [0.1, 0.15) is 0 Å². The fourth-order valence-corrected chi connectivity index (χ4v) is 1.76. The van der Waals surface area contributed by atoms with E-state index < -0.39 is 6.03 Å². The van der Waals surface area contributed by atoms with Crippen LogP contribution in [0, 0.1) is 0 Å². The van der Waals surface area contributed by atoms with Crippen molar-refractivity contribution in [3.63, 3.8) is 0 Å². The third kappa shape index (κ3) is 1.51. The van der Waals surface area contributed by atoms with Crippen LogP contribution in [0.1, 0.15) is 0 Å². The summed E-state index contributed by atoms with van der Waals surface area (Å²) in [4.78, 5) is 21.9. The van der Waals surface area contributed by atoms with Crippen LogP contribution < -0.4 is 10.9 Å². The van der Waals surface area contributed by atoms with Crippen molar-refractivity contribution >= 4 is 33.5 Å². The van der Waals surface area contributed by atoms with Crippen molar-refractivity contribution < 1.29 is 4.79 Å². The van der Waals surface area contributed by atoms with E-state index in [9.17, 15) is 9.59 Å². The molecule has 0 spiro atoms. The van der Waals surface area contributed by atoms with Gasteiger partial charge in [0.05, 0.1) is 4.47 Å². The van der Waals surface area contributed by atoms with Gasteiger partial charge in [-0.2, -0.15) is 3.96 Å². The van der Waals surface area contributed by atoms with Gasteiger partial charge in [0.25, 0.3) is 5.56 Å². The number of hydrogen-bond acceptors (Lipinski definition) is 3. The summed E-state index contributed by atoms with van der Waals surface area (Å²) in [6.45, 7) is 0. The minimum absolute atomic E-state index is 0.325. The van der Waals surface area contributed by atoms with Crippen molar-refractivity contribution in [3.8, 4) is 0 Å². The van der Waals surface area contributed by atoms with E-state index in [4.69, 9.17) is 0 Å². The smallest absolute Gasteiger partial charge is 0.337 e. The molecular formula is C5H5BrN2O2S. The second-order valence-electron chi connectivity index (χ2n) is 1.73. The van der Waals surface area contributed by atoms with Crippen molar-refractivity contribution in [2.45, 2.75) is 0 Å². The minimum Gasteiger partial charge on any atom is -0.340 e. The van der Waals surface area contributed by atoms with E-state index in [2.05, 4.69) is 21.2 Å². The van der Waals surface area contributed by atoms with E-state index >= 15 is 0 Å². The highest BCUT2D eigenvalue weighted by atomic mass is 79.9. The molecule has 1 heterocycles. The molecule has 4 nitrogen and oxygen atoms in total. The first-order chi connectivity index (χ1) is 5.16. The third-order valence-corrected chi connectivity index (χ3v) is 2.80. The molecule has 0 fully saturated rings. The van der Waals surface area contributed by atoms with E-state index in [0.29, 0.717) is 4.47 Å². The summed E-state index contributed by atoms with van der Waals surface area (Å²) in [6.07, 6.45) is 0. The Hall–Kier alpha value is -0.620. The summed E-state index contributed by atoms with van der Waals surface area (Å²) in [7, 11) is 1.47. The Morgan fingerprint density at radius 3 is 2.82 bits per heavy atom. The van der Waals surface area contributed by atoms with Gasteiger partial charge in [-0.15, -0.1) is 0 Å². The second-order valence-corrected chi connectivity index (χ2v) is 3.39. The molecule has 1 amide bonds. The maximum absolute atomic E-state index is 11.0. The largest absolute Gasteiger partial charge is 0.340 e. The van der Waals surface area contributed by atoms with Crippen LogP contribution in [0.15, 0.2) is 14.6 Å². The normalized spacial score (nSPS) is 9.64. The van der Waals surface area contributed by atoms with Gasteiger partial charge in [-0.05, 0) is 15.9 Å². The molecular weight excluding hydrogens is 232 g/mol. The number of aromatic nitrogens is 1. The predicted molar refractivity (Wildman–Crippen MR) is 46.1 cm³/mol. The summed E-state index contributed by atoms with van der Waals surface area (Å²) >= 11 is 4.06. The van der Waals surface area contributed by atoms with E-state index in [1.165, 1.54) is 7.05 Å². The Morgan fingerprint density at radius 2 is 2.45 bits per heavy atom. The zero-order valence-electron chi connectivity index (χ0n) is 5.63. The SMILES string of the molecule is CNC(=O)n1scc(Br)c1=O. The van der Waals surface area contributed by atoms with E-state index in [-0.39, 0.29) is 5.56 Å². The quantitative estimate of drug-likeness (QED) is 0.727. The molecule has 0 saturated carbocycles. The Morgan fingerprint density at radius 1 is 1.82 bits per heavy atom. The molecule has 0 aliphatic rings. The predicted octanol–water partition coefficient (Wildman–Crippen LogP) is 0.860. The summed E-state index contributed by atoms with van der Waals surface area (Å²) in [5.74, 6) is 0. The van der Waals surface area contributed by atoms with Crippen molar-refractivity contribution in [1.82, 2.24) is 9.27 Å². The lowest BCUT2D eigenvalue weighted by atomic mass is 10.7. The fourth-order valence-electron chi connectivity index (χ4n) is 0.536. The highest BCUT2D eigenvalue weighted by Crippen LogP contribution is 2.06. The average Bonchev–Trinajstić information content (AvgIpc) is 2.32. The summed E-state index contributed by atoms with van der Waals surface area (Å²) < 4.78 is 1.44. The van der Waals surface area contributed by atoms with Crippen LogP contribution in [-0.2, 0) is 0 Å². The molecule has 1 N–H and O–H groups in total. The highest BCUT2D eigenvalue weighted by molar-refractivity contribution is 9.10. The third-order valence-electron chi connectivity index (χ3n) is 1.05. The number of nitrogens with zero attached hydrogens (tertiary/aromatic N) is 1. The van der Waals surface area contributed by atoms with Crippen molar-refractivity contribution in [3.05, 3.63) is 20.2 Å². The minimum atomic E-state index is -0.411. The van der Waals surface area contributed by atoms with Crippen LogP contribution in [0.4, 0.5) is 4.79 Å². The molecule has 0 saturated heterocycles. The summed E-state index contributed by atoms with van der Waals surface area (Å²) in [5.41, 5.74) is -0.325. The molecule has 6 heteroatoms.